The van der Waals surface area contributed by atoms with Gasteiger partial charge in [0, 0.05) is 36.7 Å². The molecule has 42 heavy (non-hydrogen) atoms. The molecule has 1 aromatic heterocycles. The van der Waals surface area contributed by atoms with Crippen molar-refractivity contribution in [3.05, 3.63) is 117 Å². The summed E-state index contributed by atoms with van der Waals surface area (Å²) >= 11 is 0. The van der Waals surface area contributed by atoms with Crippen LogP contribution in [0.3, 0.4) is 0 Å². The smallest absolute Gasteiger partial charge is 0.361 e. The van der Waals surface area contributed by atoms with Gasteiger partial charge in [0.1, 0.15) is 5.82 Å². The van der Waals surface area contributed by atoms with Crippen molar-refractivity contribution in [1.29, 1.82) is 0 Å². The zero-order valence-electron chi connectivity index (χ0n) is 22.8. The molecule has 2 heterocycles. The van der Waals surface area contributed by atoms with Gasteiger partial charge < -0.3 is 15.6 Å². The Bertz CT molecular complexity index is 1750. The average Bonchev–Trinajstić information content (AvgIpc) is 3.38. The van der Waals surface area contributed by atoms with Gasteiger partial charge in [0.25, 0.3) is 5.91 Å². The molecular weight excluding hydrogens is 550 g/mol. The van der Waals surface area contributed by atoms with E-state index in [0.717, 1.165) is 34.7 Å². The van der Waals surface area contributed by atoms with Crippen LogP contribution < -0.4 is 10.6 Å². The van der Waals surface area contributed by atoms with E-state index in [1.165, 1.54) is 25.1 Å². The van der Waals surface area contributed by atoms with Gasteiger partial charge in [-0.25, -0.2) is 4.39 Å². The van der Waals surface area contributed by atoms with E-state index in [0.29, 0.717) is 22.3 Å². The first kappa shape index (κ1) is 28.8. The number of aromatic nitrogens is 1. The molecule has 0 spiro atoms. The minimum Gasteiger partial charge on any atom is -0.361 e. The quantitative estimate of drug-likeness (QED) is 0.227. The summed E-state index contributed by atoms with van der Waals surface area (Å²) in [7, 11) is 0. The highest BCUT2D eigenvalue weighted by atomic mass is 19.4. The highest BCUT2D eigenvalue weighted by molar-refractivity contribution is 6.02. The lowest BCUT2D eigenvalue weighted by atomic mass is 9.85. The second kappa shape index (κ2) is 11.3. The van der Waals surface area contributed by atoms with Crippen molar-refractivity contribution >= 4 is 28.5 Å². The molecule has 0 aliphatic carbocycles. The zero-order valence-corrected chi connectivity index (χ0v) is 22.8. The summed E-state index contributed by atoms with van der Waals surface area (Å²) in [6, 6.07) is 13.8. The van der Waals surface area contributed by atoms with E-state index in [1.807, 2.05) is 24.3 Å². The second-order valence-electron chi connectivity index (χ2n) is 10.5. The number of aromatic amines is 1. The Morgan fingerprint density at radius 3 is 2.52 bits per heavy atom. The number of amides is 2. The molecule has 1 atom stereocenters. The normalized spacial score (nSPS) is 15.6. The van der Waals surface area contributed by atoms with Crippen LogP contribution in [0, 0.1) is 12.7 Å². The van der Waals surface area contributed by atoms with Crippen LogP contribution in [0.2, 0.25) is 0 Å². The number of carbonyl (C=O) groups is 3. The van der Waals surface area contributed by atoms with E-state index in [9.17, 15) is 31.9 Å². The van der Waals surface area contributed by atoms with Crippen LogP contribution in [0.25, 0.3) is 10.9 Å². The number of H-pyrrole nitrogens is 1. The molecule has 1 aliphatic rings. The fourth-order valence-electron chi connectivity index (χ4n) is 5.31. The van der Waals surface area contributed by atoms with Crippen LogP contribution in [-0.4, -0.2) is 22.6 Å². The molecule has 0 saturated carbocycles. The predicted molar refractivity (Wildman–Crippen MR) is 149 cm³/mol. The van der Waals surface area contributed by atoms with Crippen LogP contribution >= 0.6 is 0 Å². The Labute approximate surface area is 238 Å². The molecule has 3 aromatic carbocycles. The van der Waals surface area contributed by atoms with Gasteiger partial charge in [0.05, 0.1) is 17.2 Å². The predicted octanol–water partition coefficient (Wildman–Crippen LogP) is 6.25. The summed E-state index contributed by atoms with van der Waals surface area (Å²) < 4.78 is 54.4. The molecule has 216 valence electrons. The highest BCUT2D eigenvalue weighted by Crippen LogP contribution is 2.33. The Morgan fingerprint density at radius 1 is 0.976 bits per heavy atom. The van der Waals surface area contributed by atoms with Crippen LogP contribution in [0.4, 0.5) is 17.6 Å². The molecule has 10 heteroatoms. The number of benzene rings is 3. The topological polar surface area (TPSA) is 91.1 Å². The maximum atomic E-state index is 14.8. The number of halogens is 4. The van der Waals surface area contributed by atoms with Crippen molar-refractivity contribution in [2.75, 3.05) is 0 Å². The van der Waals surface area contributed by atoms with Gasteiger partial charge in [0.15, 0.2) is 5.78 Å². The molecule has 1 aliphatic heterocycles. The molecule has 1 unspecified atom stereocenters. The van der Waals surface area contributed by atoms with Gasteiger partial charge in [-0.3, -0.25) is 14.4 Å². The average molecular weight is 578 g/mol. The number of fused-ring (bicyclic) bond motifs is 1. The third-order valence-corrected chi connectivity index (χ3v) is 7.25. The number of aryl methyl sites for hydroxylation is 1. The van der Waals surface area contributed by atoms with E-state index in [4.69, 9.17) is 0 Å². The number of rotatable bonds is 7. The molecular formula is C32H27F4N3O3. The first-order valence-electron chi connectivity index (χ1n) is 13.2. The number of ketones is 1. The summed E-state index contributed by atoms with van der Waals surface area (Å²) in [4.78, 5) is 42.1. The number of carbonyl (C=O) groups excluding carboxylic acids is 3. The van der Waals surface area contributed by atoms with Gasteiger partial charge in [-0.15, -0.1) is 0 Å². The lowest BCUT2D eigenvalue weighted by Crippen LogP contribution is -2.37. The second-order valence-corrected chi connectivity index (χ2v) is 10.5. The van der Waals surface area contributed by atoms with Crippen molar-refractivity contribution in [1.82, 2.24) is 15.6 Å². The van der Waals surface area contributed by atoms with E-state index in [1.54, 1.807) is 13.1 Å². The number of alkyl halides is 3. The standard InChI is InChI=1S/C32H27F4N3O3/c1-17-9-20(13-23(10-17)32(34,35)36)16-38-31(42)24-15-22(4-5-25(24)33)30-29(18(2)11-28(41)39-30)27(40)14-19-3-6-26-21(12-19)7-8-37-26/h3-10,12-13,15,30,37H,11,14,16H2,1-2H3,(H,38,42)(H,39,41). The van der Waals surface area contributed by atoms with Crippen LogP contribution in [0.15, 0.2) is 78.0 Å². The van der Waals surface area contributed by atoms with Gasteiger partial charge in [-0.1, -0.05) is 29.3 Å². The fourth-order valence-corrected chi connectivity index (χ4v) is 5.31. The van der Waals surface area contributed by atoms with E-state index in [-0.39, 0.29) is 42.2 Å². The van der Waals surface area contributed by atoms with E-state index < -0.39 is 29.5 Å². The SMILES string of the molecule is CC1=C(C(=O)Cc2ccc3[nH]ccc3c2)C(c2ccc(F)c(C(=O)NCc3cc(C)cc(C(F)(F)F)c3)c2)NC(=O)C1. The number of hydrogen-bond donors (Lipinski definition) is 3. The van der Waals surface area contributed by atoms with Crippen LogP contribution in [-0.2, 0) is 28.7 Å². The van der Waals surface area contributed by atoms with Crippen molar-refractivity contribution < 1.29 is 31.9 Å². The molecule has 6 nitrogen and oxygen atoms in total. The Hall–Kier alpha value is -4.73. The third-order valence-electron chi connectivity index (χ3n) is 7.25. The highest BCUT2D eigenvalue weighted by Gasteiger charge is 2.32. The molecule has 0 fully saturated rings. The number of nitrogens with one attached hydrogen (secondary N) is 3. The third kappa shape index (κ3) is 6.12. The van der Waals surface area contributed by atoms with Gasteiger partial charge >= 0.3 is 6.18 Å². The van der Waals surface area contributed by atoms with Crippen molar-refractivity contribution in [2.24, 2.45) is 0 Å². The molecule has 2 amide bonds. The summed E-state index contributed by atoms with van der Waals surface area (Å²) in [5.74, 6) is -2.24. The van der Waals surface area contributed by atoms with Gasteiger partial charge in [-0.2, -0.15) is 13.2 Å². The first-order chi connectivity index (χ1) is 19.9. The van der Waals surface area contributed by atoms with Gasteiger partial charge in [0.2, 0.25) is 5.91 Å². The maximum absolute atomic E-state index is 14.8. The maximum Gasteiger partial charge on any atom is 0.416 e. The molecule has 5 rings (SSSR count). The largest absolute Gasteiger partial charge is 0.416 e. The summed E-state index contributed by atoms with van der Waals surface area (Å²) in [5, 5.41) is 6.22. The Morgan fingerprint density at radius 2 is 1.76 bits per heavy atom. The number of Topliss-reactive ketones (excluding diaryl/α,β-unsaturated/α-hetero) is 1. The minimum atomic E-state index is -4.55. The zero-order chi connectivity index (χ0) is 30.2. The lowest BCUT2D eigenvalue weighted by molar-refractivity contribution is -0.137. The molecule has 0 bridgehead atoms. The van der Waals surface area contributed by atoms with E-state index in [2.05, 4.69) is 15.6 Å². The number of hydrogen-bond acceptors (Lipinski definition) is 3. The van der Waals surface area contributed by atoms with E-state index >= 15 is 0 Å². The van der Waals surface area contributed by atoms with Crippen molar-refractivity contribution in [3.8, 4) is 0 Å². The Balaban J connectivity index is 1.39. The fraction of sp³-hybridized carbons (Fsp3) is 0.219. The first-order valence-corrected chi connectivity index (χ1v) is 13.2. The van der Waals surface area contributed by atoms with Crippen molar-refractivity contribution in [2.45, 2.75) is 45.5 Å². The molecule has 0 saturated heterocycles. The molecule has 0 radical (unpaired) electrons. The Kier molecular flexibility index (Phi) is 7.73. The lowest BCUT2D eigenvalue weighted by Gasteiger charge is -2.28. The summed E-state index contributed by atoms with van der Waals surface area (Å²) in [6.45, 7) is 2.94. The minimum absolute atomic E-state index is 0.0271. The van der Waals surface area contributed by atoms with Crippen LogP contribution in [0.5, 0.6) is 0 Å². The van der Waals surface area contributed by atoms with Gasteiger partial charge in [-0.05, 0) is 78.4 Å². The summed E-state index contributed by atoms with van der Waals surface area (Å²) in [5.41, 5.74) is 2.34. The summed E-state index contributed by atoms with van der Waals surface area (Å²) in [6.07, 6.45) is -2.64. The monoisotopic (exact) mass is 577 g/mol. The molecule has 4 aromatic rings. The van der Waals surface area contributed by atoms with Crippen LogP contribution in [0.1, 0.15) is 57.6 Å². The molecule has 3 N–H and O–H groups in total. The van der Waals surface area contributed by atoms with Crippen molar-refractivity contribution in [3.63, 3.8) is 0 Å².